The summed E-state index contributed by atoms with van der Waals surface area (Å²) in [5.74, 6) is 0. The molecule has 0 aliphatic carbocycles. The lowest BCUT2D eigenvalue weighted by atomic mass is 10.2. The molecule has 0 amide bonds. The van der Waals surface area contributed by atoms with E-state index in [4.69, 9.17) is 17.0 Å². The smallest absolute Gasteiger partial charge is 0.201 e. The van der Waals surface area contributed by atoms with Crippen LogP contribution in [0.4, 0.5) is 11.4 Å². The quantitative estimate of drug-likeness (QED) is 0.782. The van der Waals surface area contributed by atoms with Crippen molar-refractivity contribution in [3.8, 4) is 0 Å². The summed E-state index contributed by atoms with van der Waals surface area (Å²) >= 11 is 6.83. The van der Waals surface area contributed by atoms with Crippen molar-refractivity contribution in [1.82, 2.24) is 0 Å². The van der Waals surface area contributed by atoms with Crippen LogP contribution in [0.25, 0.3) is 0 Å². The first-order valence-electron chi connectivity index (χ1n) is 5.61. The molecule has 0 atom stereocenters. The summed E-state index contributed by atoms with van der Waals surface area (Å²) in [5.41, 5.74) is 2.33. The molecular formula is C14H15NOS2. The first-order valence-corrected chi connectivity index (χ1v) is 6.83. The number of thiocarbonyl (C=S) groups is 1. The predicted molar refractivity (Wildman–Crippen MR) is 82.3 cm³/mol. The molecule has 0 N–H and O–H groups in total. The van der Waals surface area contributed by atoms with Crippen LogP contribution < -0.4 is 4.90 Å². The molecule has 0 unspecified atom stereocenters. The van der Waals surface area contributed by atoms with Crippen LogP contribution in [0.1, 0.15) is 9.75 Å². The lowest BCUT2D eigenvalue weighted by Gasteiger charge is -2.18. The molecule has 0 saturated carbocycles. The molecule has 2 nitrogen and oxygen atoms in total. The Bertz CT molecular complexity index is 548. The third-order valence-electron chi connectivity index (χ3n) is 2.78. The van der Waals surface area contributed by atoms with Gasteiger partial charge < -0.3 is 9.64 Å². The van der Waals surface area contributed by atoms with E-state index in [0.29, 0.717) is 5.05 Å². The number of para-hydroxylation sites is 1. The summed E-state index contributed by atoms with van der Waals surface area (Å²) in [6.45, 7) is 2.10. The van der Waals surface area contributed by atoms with Crippen LogP contribution in [0.2, 0.25) is 0 Å². The Morgan fingerprint density at radius 1 is 1.28 bits per heavy atom. The number of aryl methyl sites for hydroxylation is 1. The molecule has 0 aliphatic heterocycles. The van der Waals surface area contributed by atoms with Gasteiger partial charge in [-0.15, -0.1) is 11.3 Å². The van der Waals surface area contributed by atoms with Crippen LogP contribution in [-0.2, 0) is 4.74 Å². The van der Waals surface area contributed by atoms with Gasteiger partial charge in [0.1, 0.15) is 0 Å². The Kier molecular flexibility index (Phi) is 3.99. The van der Waals surface area contributed by atoms with Crippen molar-refractivity contribution >= 4 is 40.0 Å². The minimum Gasteiger partial charge on any atom is -0.486 e. The predicted octanol–water partition coefficient (Wildman–Crippen LogP) is 4.15. The minimum absolute atomic E-state index is 0.552. The lowest BCUT2D eigenvalue weighted by molar-refractivity contribution is 0.417. The zero-order valence-corrected chi connectivity index (χ0v) is 12.3. The molecule has 1 aromatic heterocycles. The molecule has 1 heterocycles. The topological polar surface area (TPSA) is 12.5 Å². The summed E-state index contributed by atoms with van der Waals surface area (Å²) in [5, 5.41) is 0.552. The second kappa shape index (κ2) is 5.50. The number of anilines is 2. The average molecular weight is 277 g/mol. The summed E-state index contributed by atoms with van der Waals surface area (Å²) in [6, 6.07) is 12.3. The van der Waals surface area contributed by atoms with Crippen molar-refractivity contribution in [3.05, 3.63) is 46.2 Å². The van der Waals surface area contributed by atoms with Crippen molar-refractivity contribution in [2.75, 3.05) is 19.1 Å². The van der Waals surface area contributed by atoms with Crippen LogP contribution >= 0.6 is 23.6 Å². The van der Waals surface area contributed by atoms with Gasteiger partial charge in [0.15, 0.2) is 0 Å². The highest BCUT2D eigenvalue weighted by molar-refractivity contribution is 7.80. The fourth-order valence-corrected chi connectivity index (χ4v) is 2.95. The highest BCUT2D eigenvalue weighted by atomic mass is 32.1. The van der Waals surface area contributed by atoms with Crippen molar-refractivity contribution < 1.29 is 4.74 Å². The minimum atomic E-state index is 0.552. The van der Waals surface area contributed by atoms with Gasteiger partial charge in [-0.1, -0.05) is 18.2 Å². The van der Waals surface area contributed by atoms with Crippen molar-refractivity contribution in [3.63, 3.8) is 0 Å². The number of rotatable bonds is 3. The molecule has 1 aromatic carbocycles. The maximum atomic E-state index is 5.17. The molecule has 0 fully saturated rings. The summed E-state index contributed by atoms with van der Waals surface area (Å²) < 4.78 is 5.11. The van der Waals surface area contributed by atoms with Gasteiger partial charge in [-0.3, -0.25) is 0 Å². The second-order valence-electron chi connectivity index (χ2n) is 3.94. The maximum Gasteiger partial charge on any atom is 0.201 e. The van der Waals surface area contributed by atoms with E-state index in [9.17, 15) is 0 Å². The van der Waals surface area contributed by atoms with E-state index in [0.717, 1.165) is 10.6 Å². The third-order valence-corrected chi connectivity index (χ3v) is 4.34. The van der Waals surface area contributed by atoms with Crippen LogP contribution in [0, 0.1) is 6.92 Å². The number of hydrogen-bond donors (Lipinski definition) is 0. The van der Waals surface area contributed by atoms with E-state index in [-0.39, 0.29) is 0 Å². The zero-order chi connectivity index (χ0) is 13.1. The van der Waals surface area contributed by atoms with E-state index in [1.165, 1.54) is 10.6 Å². The fraction of sp³-hybridized carbons (Fsp3) is 0.214. The van der Waals surface area contributed by atoms with Gasteiger partial charge in [-0.25, -0.2) is 0 Å². The first-order chi connectivity index (χ1) is 8.63. The molecule has 4 heteroatoms. The van der Waals surface area contributed by atoms with Gasteiger partial charge in [-0.2, -0.15) is 0 Å². The number of thiophene rings is 1. The number of nitrogens with zero attached hydrogens (tertiary/aromatic N) is 1. The molecule has 0 spiro atoms. The number of ether oxygens (including phenoxy) is 1. The number of methoxy groups -OCH3 is 1. The number of benzene rings is 1. The van der Waals surface area contributed by atoms with Gasteiger partial charge in [0.2, 0.25) is 5.05 Å². The summed E-state index contributed by atoms with van der Waals surface area (Å²) in [4.78, 5) is 4.40. The van der Waals surface area contributed by atoms with Crippen LogP contribution in [-0.4, -0.2) is 19.2 Å². The summed E-state index contributed by atoms with van der Waals surface area (Å²) in [7, 11) is 3.67. The van der Waals surface area contributed by atoms with Gasteiger partial charge >= 0.3 is 0 Å². The van der Waals surface area contributed by atoms with Gasteiger partial charge in [-0.05, 0) is 37.3 Å². The first kappa shape index (κ1) is 13.1. The van der Waals surface area contributed by atoms with Gasteiger partial charge in [0, 0.05) is 17.6 Å². The molecule has 94 valence electrons. The van der Waals surface area contributed by atoms with Crippen molar-refractivity contribution in [2.45, 2.75) is 6.92 Å². The molecule has 2 rings (SSSR count). The Hall–Kier alpha value is -1.39. The SMILES string of the molecule is COC(=S)c1cc(N(C)c2ccccc2)c(C)s1. The summed E-state index contributed by atoms with van der Waals surface area (Å²) in [6.07, 6.45) is 0. The molecule has 0 radical (unpaired) electrons. The van der Waals surface area contributed by atoms with Gasteiger partial charge in [0.25, 0.3) is 0 Å². The largest absolute Gasteiger partial charge is 0.486 e. The Morgan fingerprint density at radius 2 is 1.94 bits per heavy atom. The van der Waals surface area contributed by atoms with E-state index >= 15 is 0 Å². The second-order valence-corrected chi connectivity index (χ2v) is 5.57. The molecule has 2 aromatic rings. The third kappa shape index (κ3) is 2.54. The molecule has 0 aliphatic rings. The highest BCUT2D eigenvalue weighted by Gasteiger charge is 2.13. The van der Waals surface area contributed by atoms with Gasteiger partial charge in [0.05, 0.1) is 17.7 Å². The van der Waals surface area contributed by atoms with Crippen molar-refractivity contribution in [1.29, 1.82) is 0 Å². The highest BCUT2D eigenvalue weighted by Crippen LogP contribution is 2.33. The van der Waals surface area contributed by atoms with E-state index in [2.05, 4.69) is 37.1 Å². The number of hydrogen-bond acceptors (Lipinski definition) is 4. The lowest BCUT2D eigenvalue weighted by Crippen LogP contribution is -2.09. The molecule has 0 saturated heterocycles. The van der Waals surface area contributed by atoms with Crippen LogP contribution in [0.15, 0.2) is 36.4 Å². The molecule has 18 heavy (non-hydrogen) atoms. The Morgan fingerprint density at radius 3 is 2.56 bits per heavy atom. The van der Waals surface area contributed by atoms with Crippen LogP contribution in [0.5, 0.6) is 0 Å². The maximum absolute atomic E-state index is 5.17. The van der Waals surface area contributed by atoms with Crippen LogP contribution in [0.3, 0.4) is 0 Å². The van der Waals surface area contributed by atoms with E-state index in [1.807, 2.05) is 18.2 Å². The van der Waals surface area contributed by atoms with Crippen molar-refractivity contribution in [2.24, 2.45) is 0 Å². The van der Waals surface area contributed by atoms with E-state index in [1.54, 1.807) is 18.4 Å². The zero-order valence-electron chi connectivity index (χ0n) is 10.6. The molecule has 0 bridgehead atoms. The standard InChI is InChI=1S/C14H15NOS2/c1-10-12(9-13(18-10)14(17)16-3)15(2)11-7-5-4-6-8-11/h4-9H,1-3H3. The monoisotopic (exact) mass is 277 g/mol. The Balaban J connectivity index is 2.34. The normalized spacial score (nSPS) is 10.2. The fourth-order valence-electron chi connectivity index (χ4n) is 1.80. The Labute approximate surface area is 117 Å². The molecular weight excluding hydrogens is 262 g/mol. The van der Waals surface area contributed by atoms with E-state index < -0.39 is 0 Å². The average Bonchev–Trinajstić information content (AvgIpc) is 2.80.